The Labute approximate surface area is 181 Å². The molecule has 0 N–H and O–H groups in total. The van der Waals surface area contributed by atoms with E-state index in [9.17, 15) is 18.0 Å². The molecule has 0 bridgehead atoms. The van der Waals surface area contributed by atoms with E-state index < -0.39 is 16.1 Å². The second-order valence-electron chi connectivity index (χ2n) is 7.03. The first-order valence-corrected chi connectivity index (χ1v) is 11.3. The first-order chi connectivity index (χ1) is 14.2. The fraction of sp³-hybridized carbons (Fsp3) is 0.333. The minimum absolute atomic E-state index is 0.0866. The highest BCUT2D eigenvalue weighted by molar-refractivity contribution is 7.89. The number of ketones is 1. The molecule has 3 rings (SSSR count). The van der Waals surface area contributed by atoms with Gasteiger partial charge in [0.15, 0.2) is 11.9 Å². The van der Waals surface area contributed by atoms with E-state index in [1.807, 2.05) is 0 Å². The molecule has 30 heavy (non-hydrogen) atoms. The number of piperazine rings is 1. The molecule has 1 aliphatic heterocycles. The maximum atomic E-state index is 12.8. The maximum Gasteiger partial charge on any atom is 0.263 e. The Balaban J connectivity index is 1.61. The van der Waals surface area contributed by atoms with Gasteiger partial charge in [0, 0.05) is 36.8 Å². The maximum absolute atomic E-state index is 12.8. The summed E-state index contributed by atoms with van der Waals surface area (Å²) in [5.41, 5.74) is 0.506. The second kappa shape index (κ2) is 9.16. The van der Waals surface area contributed by atoms with E-state index in [4.69, 9.17) is 16.3 Å². The number of sulfonamides is 1. The number of hydrogen-bond acceptors (Lipinski definition) is 5. The molecule has 2 aromatic rings. The van der Waals surface area contributed by atoms with Crippen LogP contribution in [-0.2, 0) is 14.8 Å². The van der Waals surface area contributed by atoms with E-state index >= 15 is 0 Å². The largest absolute Gasteiger partial charge is 0.481 e. The van der Waals surface area contributed by atoms with Crippen LogP contribution in [0.3, 0.4) is 0 Å². The van der Waals surface area contributed by atoms with Gasteiger partial charge in [0.2, 0.25) is 10.0 Å². The first kappa shape index (κ1) is 22.3. The molecule has 0 aromatic heterocycles. The van der Waals surface area contributed by atoms with E-state index in [1.165, 1.54) is 23.4 Å². The average Bonchev–Trinajstić information content (AvgIpc) is 2.73. The molecular formula is C21H23ClN2O5S. The molecule has 0 aliphatic carbocycles. The Bertz CT molecular complexity index is 1050. The first-order valence-electron chi connectivity index (χ1n) is 9.50. The number of carbonyl (C=O) groups is 2. The summed E-state index contributed by atoms with van der Waals surface area (Å²) in [7, 11) is -3.67. The summed E-state index contributed by atoms with van der Waals surface area (Å²) in [5, 5.41) is 0.352. The normalized spacial score (nSPS) is 16.2. The number of hydrogen-bond donors (Lipinski definition) is 0. The predicted molar refractivity (Wildman–Crippen MR) is 113 cm³/mol. The molecule has 0 radical (unpaired) electrons. The van der Waals surface area contributed by atoms with E-state index in [0.717, 1.165) is 0 Å². The minimum atomic E-state index is -3.67. The summed E-state index contributed by atoms with van der Waals surface area (Å²) in [5.74, 6) is 0.116. The summed E-state index contributed by atoms with van der Waals surface area (Å²) in [4.78, 5) is 26.0. The molecule has 1 fully saturated rings. The summed E-state index contributed by atoms with van der Waals surface area (Å²) >= 11 is 5.91. The van der Waals surface area contributed by atoms with Crippen molar-refractivity contribution in [1.29, 1.82) is 0 Å². The predicted octanol–water partition coefficient (Wildman–Crippen LogP) is 2.84. The highest BCUT2D eigenvalue weighted by Crippen LogP contribution is 2.22. The number of halogens is 1. The molecule has 1 aliphatic rings. The summed E-state index contributed by atoms with van der Waals surface area (Å²) in [6.45, 7) is 4.00. The van der Waals surface area contributed by atoms with E-state index in [0.29, 0.717) is 16.3 Å². The van der Waals surface area contributed by atoms with Crippen LogP contribution in [0.4, 0.5) is 0 Å². The van der Waals surface area contributed by atoms with Crippen molar-refractivity contribution < 1.29 is 22.7 Å². The van der Waals surface area contributed by atoms with Gasteiger partial charge in [0.05, 0.1) is 4.90 Å². The van der Waals surface area contributed by atoms with Crippen molar-refractivity contribution in [2.45, 2.75) is 24.8 Å². The summed E-state index contributed by atoms with van der Waals surface area (Å²) in [6.07, 6.45) is -0.761. The average molecular weight is 451 g/mol. The van der Waals surface area contributed by atoms with E-state index in [1.54, 1.807) is 48.2 Å². The molecule has 1 atom stereocenters. The molecule has 2 aromatic carbocycles. The van der Waals surface area contributed by atoms with Gasteiger partial charge in [-0.15, -0.1) is 0 Å². The fourth-order valence-corrected chi connectivity index (χ4v) is 4.95. The molecule has 0 spiro atoms. The monoisotopic (exact) mass is 450 g/mol. The van der Waals surface area contributed by atoms with Crippen molar-refractivity contribution in [3.63, 3.8) is 0 Å². The van der Waals surface area contributed by atoms with Gasteiger partial charge in [0.25, 0.3) is 5.91 Å². The topological polar surface area (TPSA) is 84.0 Å². The van der Waals surface area contributed by atoms with Gasteiger partial charge in [-0.1, -0.05) is 29.8 Å². The SMILES string of the molecule is CC(=O)c1cccc(OC(C)C(=O)N2CCN(S(=O)(=O)c3cccc(Cl)c3)CC2)c1. The quantitative estimate of drug-likeness (QED) is 0.632. The van der Waals surface area contributed by atoms with Crippen LogP contribution in [0.2, 0.25) is 5.02 Å². The molecular weight excluding hydrogens is 428 g/mol. The van der Waals surface area contributed by atoms with Crippen molar-refractivity contribution >= 4 is 33.3 Å². The van der Waals surface area contributed by atoms with Gasteiger partial charge in [-0.3, -0.25) is 9.59 Å². The molecule has 9 heteroatoms. The Hall–Kier alpha value is -2.42. The molecule has 0 saturated carbocycles. The van der Waals surface area contributed by atoms with Crippen molar-refractivity contribution in [3.05, 3.63) is 59.1 Å². The lowest BCUT2D eigenvalue weighted by molar-refractivity contribution is -0.139. The van der Waals surface area contributed by atoms with Crippen molar-refractivity contribution in [2.24, 2.45) is 0 Å². The zero-order valence-electron chi connectivity index (χ0n) is 16.7. The van der Waals surface area contributed by atoms with Crippen LogP contribution >= 0.6 is 11.6 Å². The van der Waals surface area contributed by atoms with Crippen LogP contribution in [0.1, 0.15) is 24.2 Å². The van der Waals surface area contributed by atoms with Gasteiger partial charge in [-0.05, 0) is 44.2 Å². The lowest BCUT2D eigenvalue weighted by Crippen LogP contribution is -2.53. The lowest BCUT2D eigenvalue weighted by Gasteiger charge is -2.35. The Morgan fingerprint density at radius 2 is 1.70 bits per heavy atom. The molecule has 1 amide bonds. The number of nitrogens with zero attached hydrogens (tertiary/aromatic N) is 2. The van der Waals surface area contributed by atoms with Gasteiger partial charge in [-0.25, -0.2) is 8.42 Å². The number of carbonyl (C=O) groups excluding carboxylic acids is 2. The zero-order chi connectivity index (χ0) is 21.9. The molecule has 1 saturated heterocycles. The number of Topliss-reactive ketones (excluding diaryl/α,β-unsaturated/α-hetero) is 1. The van der Waals surface area contributed by atoms with Gasteiger partial charge in [0.1, 0.15) is 5.75 Å². The van der Waals surface area contributed by atoms with Crippen LogP contribution in [-0.4, -0.2) is 61.6 Å². The van der Waals surface area contributed by atoms with E-state index in [2.05, 4.69) is 0 Å². The van der Waals surface area contributed by atoms with Crippen LogP contribution < -0.4 is 4.74 Å². The Morgan fingerprint density at radius 1 is 1.03 bits per heavy atom. The third-order valence-electron chi connectivity index (χ3n) is 4.89. The number of amides is 1. The fourth-order valence-electron chi connectivity index (χ4n) is 3.23. The standard InChI is InChI=1S/C21H23ClN2O5S/c1-15(25)17-5-3-7-19(13-17)29-16(2)21(26)23-9-11-24(12-10-23)30(27,28)20-8-4-6-18(22)14-20/h3-8,13-14,16H,9-12H2,1-2H3. The smallest absolute Gasteiger partial charge is 0.263 e. The molecule has 7 nitrogen and oxygen atoms in total. The van der Waals surface area contributed by atoms with Crippen LogP contribution in [0.25, 0.3) is 0 Å². The second-order valence-corrected chi connectivity index (χ2v) is 9.41. The minimum Gasteiger partial charge on any atom is -0.481 e. The molecule has 160 valence electrons. The third kappa shape index (κ3) is 5.00. The number of benzene rings is 2. The lowest BCUT2D eigenvalue weighted by atomic mass is 10.1. The third-order valence-corrected chi connectivity index (χ3v) is 7.02. The summed E-state index contributed by atoms with van der Waals surface area (Å²) < 4.78 is 32.6. The number of ether oxygens (including phenoxy) is 1. The van der Waals surface area contributed by atoms with Crippen LogP contribution in [0, 0.1) is 0 Å². The Morgan fingerprint density at radius 3 is 2.33 bits per heavy atom. The van der Waals surface area contributed by atoms with E-state index in [-0.39, 0.29) is 42.8 Å². The Kier molecular flexibility index (Phi) is 6.80. The van der Waals surface area contributed by atoms with Gasteiger partial charge in [-0.2, -0.15) is 4.31 Å². The van der Waals surface area contributed by atoms with Gasteiger partial charge < -0.3 is 9.64 Å². The van der Waals surface area contributed by atoms with Crippen molar-refractivity contribution in [2.75, 3.05) is 26.2 Å². The van der Waals surface area contributed by atoms with Crippen molar-refractivity contribution in [1.82, 2.24) is 9.21 Å². The van der Waals surface area contributed by atoms with Crippen LogP contribution in [0.5, 0.6) is 5.75 Å². The highest BCUT2D eigenvalue weighted by atomic mass is 35.5. The highest BCUT2D eigenvalue weighted by Gasteiger charge is 2.32. The number of rotatable bonds is 6. The van der Waals surface area contributed by atoms with Gasteiger partial charge >= 0.3 is 0 Å². The molecule has 1 heterocycles. The molecule has 1 unspecified atom stereocenters. The summed E-state index contributed by atoms with van der Waals surface area (Å²) in [6, 6.07) is 12.8. The zero-order valence-corrected chi connectivity index (χ0v) is 18.3. The van der Waals surface area contributed by atoms with Crippen LogP contribution in [0.15, 0.2) is 53.4 Å². The van der Waals surface area contributed by atoms with Crippen molar-refractivity contribution in [3.8, 4) is 5.75 Å².